The van der Waals surface area contributed by atoms with Gasteiger partial charge in [-0.2, -0.15) is 13.2 Å². The summed E-state index contributed by atoms with van der Waals surface area (Å²) in [4.78, 5) is 0. The Morgan fingerprint density at radius 2 is 1.71 bits per heavy atom. The van der Waals surface area contributed by atoms with Gasteiger partial charge in [0.2, 0.25) is 0 Å². The van der Waals surface area contributed by atoms with Crippen molar-refractivity contribution in [2.45, 2.75) is 71.4 Å². The zero-order valence-corrected chi connectivity index (χ0v) is 11.0. The molecule has 0 amide bonds. The second kappa shape index (κ2) is 6.65. The Morgan fingerprint density at radius 3 is 2.24 bits per heavy atom. The minimum atomic E-state index is -3.99. The summed E-state index contributed by atoms with van der Waals surface area (Å²) in [6.45, 7) is 4.01. The van der Waals surface area contributed by atoms with E-state index in [9.17, 15) is 13.2 Å². The Bertz CT molecular complexity index is 202. The molecule has 1 aliphatic rings. The van der Waals surface area contributed by atoms with Crippen LogP contribution in [0.5, 0.6) is 0 Å². The second-order valence-electron chi connectivity index (χ2n) is 5.98. The number of alkyl halides is 3. The van der Waals surface area contributed by atoms with Crippen molar-refractivity contribution in [2.75, 3.05) is 0 Å². The molecule has 17 heavy (non-hydrogen) atoms. The Morgan fingerprint density at radius 1 is 1.12 bits per heavy atom. The van der Waals surface area contributed by atoms with Crippen molar-refractivity contribution in [3.8, 4) is 0 Å². The van der Waals surface area contributed by atoms with Crippen molar-refractivity contribution in [1.82, 2.24) is 0 Å². The molecule has 0 aromatic rings. The van der Waals surface area contributed by atoms with Crippen LogP contribution in [0, 0.1) is 17.8 Å². The molecule has 0 bridgehead atoms. The fraction of sp³-hybridized carbons (Fsp3) is 1.00. The van der Waals surface area contributed by atoms with Crippen LogP contribution in [0.3, 0.4) is 0 Å². The predicted molar refractivity (Wildman–Crippen MR) is 64.8 cm³/mol. The molecule has 0 spiro atoms. The highest BCUT2D eigenvalue weighted by molar-refractivity contribution is 4.70. The Balaban J connectivity index is 2.07. The third-order valence-electron chi connectivity index (χ3n) is 4.02. The summed E-state index contributed by atoms with van der Waals surface area (Å²) in [5.74, 6) is 1.43. The summed E-state index contributed by atoms with van der Waals surface area (Å²) >= 11 is 0. The van der Waals surface area contributed by atoms with E-state index in [1.165, 1.54) is 25.7 Å². The Kier molecular flexibility index (Phi) is 5.81. The minimum Gasteiger partial charge on any atom is -0.171 e. The third kappa shape index (κ3) is 6.95. The van der Waals surface area contributed by atoms with Gasteiger partial charge in [-0.05, 0) is 17.8 Å². The molecule has 0 aromatic heterocycles. The summed E-state index contributed by atoms with van der Waals surface area (Å²) in [7, 11) is 0. The van der Waals surface area contributed by atoms with Gasteiger partial charge in [-0.25, -0.2) is 0 Å². The van der Waals surface area contributed by atoms with E-state index >= 15 is 0 Å². The molecule has 1 unspecified atom stereocenters. The number of hydrogen-bond donors (Lipinski definition) is 0. The fourth-order valence-corrected chi connectivity index (χ4v) is 2.87. The molecule has 0 aliphatic heterocycles. The van der Waals surface area contributed by atoms with Crippen molar-refractivity contribution < 1.29 is 13.2 Å². The van der Waals surface area contributed by atoms with Crippen molar-refractivity contribution in [3.63, 3.8) is 0 Å². The van der Waals surface area contributed by atoms with Crippen LogP contribution in [0.15, 0.2) is 0 Å². The SMILES string of the molecule is CC1CCC(CCCC(C)CC(F)(F)F)CC1. The largest absolute Gasteiger partial charge is 0.389 e. The normalized spacial score (nSPS) is 28.1. The predicted octanol–water partition coefficient (Wildman–Crippen LogP) is 5.57. The lowest BCUT2D eigenvalue weighted by molar-refractivity contribution is -0.143. The summed E-state index contributed by atoms with van der Waals surface area (Å²) in [6, 6.07) is 0. The lowest BCUT2D eigenvalue weighted by Gasteiger charge is -2.26. The Labute approximate surface area is 103 Å². The molecule has 0 aromatic carbocycles. The van der Waals surface area contributed by atoms with Crippen LogP contribution in [0.2, 0.25) is 0 Å². The van der Waals surface area contributed by atoms with E-state index in [2.05, 4.69) is 6.92 Å². The molecule has 1 saturated carbocycles. The summed E-state index contributed by atoms with van der Waals surface area (Å²) < 4.78 is 36.4. The van der Waals surface area contributed by atoms with E-state index in [0.29, 0.717) is 0 Å². The maximum Gasteiger partial charge on any atom is 0.389 e. The molecule has 0 N–H and O–H groups in total. The lowest BCUT2D eigenvalue weighted by atomic mass is 9.80. The average molecular weight is 250 g/mol. The molecular formula is C14H25F3. The van der Waals surface area contributed by atoms with E-state index in [1.54, 1.807) is 6.92 Å². The van der Waals surface area contributed by atoms with Crippen LogP contribution >= 0.6 is 0 Å². The highest BCUT2D eigenvalue weighted by Crippen LogP contribution is 2.33. The molecule has 0 heterocycles. The highest BCUT2D eigenvalue weighted by Gasteiger charge is 2.29. The number of halogens is 3. The molecule has 102 valence electrons. The van der Waals surface area contributed by atoms with E-state index < -0.39 is 12.6 Å². The van der Waals surface area contributed by atoms with Gasteiger partial charge in [0.05, 0.1) is 0 Å². The molecule has 0 radical (unpaired) electrons. The molecule has 1 aliphatic carbocycles. The summed E-state index contributed by atoms with van der Waals surface area (Å²) in [6.07, 6.45) is 3.42. The van der Waals surface area contributed by atoms with Crippen LogP contribution in [0.4, 0.5) is 13.2 Å². The van der Waals surface area contributed by atoms with Gasteiger partial charge in [0.15, 0.2) is 0 Å². The molecule has 0 saturated heterocycles. The number of rotatable bonds is 5. The minimum absolute atomic E-state index is 0.211. The standard InChI is InChI=1S/C14H25F3/c1-11-6-8-13(9-7-11)5-3-4-12(2)10-14(15,16)17/h11-13H,3-10H2,1-2H3. The van der Waals surface area contributed by atoms with E-state index in [0.717, 1.165) is 31.1 Å². The fourth-order valence-electron chi connectivity index (χ4n) is 2.87. The first-order valence-corrected chi connectivity index (χ1v) is 6.93. The maximum atomic E-state index is 12.1. The monoisotopic (exact) mass is 250 g/mol. The first-order valence-electron chi connectivity index (χ1n) is 6.93. The molecule has 0 nitrogen and oxygen atoms in total. The van der Waals surface area contributed by atoms with Gasteiger partial charge in [0, 0.05) is 6.42 Å². The summed E-state index contributed by atoms with van der Waals surface area (Å²) in [5, 5.41) is 0. The van der Waals surface area contributed by atoms with Gasteiger partial charge in [0.25, 0.3) is 0 Å². The Hall–Kier alpha value is -0.210. The van der Waals surface area contributed by atoms with Gasteiger partial charge >= 0.3 is 6.18 Å². The van der Waals surface area contributed by atoms with Crippen molar-refractivity contribution in [1.29, 1.82) is 0 Å². The van der Waals surface area contributed by atoms with Crippen molar-refractivity contribution in [2.24, 2.45) is 17.8 Å². The quantitative estimate of drug-likeness (QED) is 0.598. The second-order valence-corrected chi connectivity index (χ2v) is 5.98. The smallest absolute Gasteiger partial charge is 0.171 e. The third-order valence-corrected chi connectivity index (χ3v) is 4.02. The van der Waals surface area contributed by atoms with Gasteiger partial charge in [-0.15, -0.1) is 0 Å². The molecule has 3 heteroatoms. The van der Waals surface area contributed by atoms with E-state index in [1.807, 2.05) is 0 Å². The van der Waals surface area contributed by atoms with Crippen LogP contribution in [0.25, 0.3) is 0 Å². The van der Waals surface area contributed by atoms with Gasteiger partial charge < -0.3 is 0 Å². The zero-order chi connectivity index (χ0) is 12.9. The molecular weight excluding hydrogens is 225 g/mol. The molecule has 1 atom stereocenters. The molecule has 1 rings (SSSR count). The molecule has 1 fully saturated rings. The number of hydrogen-bond acceptors (Lipinski definition) is 0. The highest BCUT2D eigenvalue weighted by atomic mass is 19.4. The van der Waals surface area contributed by atoms with Crippen LogP contribution < -0.4 is 0 Å². The summed E-state index contributed by atoms with van der Waals surface area (Å²) in [5.41, 5.74) is 0. The van der Waals surface area contributed by atoms with E-state index in [-0.39, 0.29) is 5.92 Å². The topological polar surface area (TPSA) is 0 Å². The van der Waals surface area contributed by atoms with Crippen LogP contribution in [-0.4, -0.2) is 6.18 Å². The van der Waals surface area contributed by atoms with Gasteiger partial charge in [-0.1, -0.05) is 58.8 Å². The maximum absolute atomic E-state index is 12.1. The lowest BCUT2D eigenvalue weighted by Crippen LogP contribution is -2.14. The van der Waals surface area contributed by atoms with Gasteiger partial charge in [0.1, 0.15) is 0 Å². The van der Waals surface area contributed by atoms with Crippen molar-refractivity contribution in [3.05, 3.63) is 0 Å². The van der Waals surface area contributed by atoms with Gasteiger partial charge in [-0.3, -0.25) is 0 Å². The first kappa shape index (κ1) is 14.8. The van der Waals surface area contributed by atoms with Crippen molar-refractivity contribution >= 4 is 0 Å². The zero-order valence-electron chi connectivity index (χ0n) is 11.0. The van der Waals surface area contributed by atoms with E-state index in [4.69, 9.17) is 0 Å². The average Bonchev–Trinajstić information content (AvgIpc) is 2.18. The van der Waals surface area contributed by atoms with Crippen LogP contribution in [-0.2, 0) is 0 Å². The first-order chi connectivity index (χ1) is 7.87. The van der Waals surface area contributed by atoms with Crippen LogP contribution in [0.1, 0.15) is 65.2 Å².